The molecule has 0 aromatic rings. The van der Waals surface area contributed by atoms with Crippen molar-refractivity contribution in [2.24, 2.45) is 0 Å². The van der Waals surface area contributed by atoms with Crippen molar-refractivity contribution in [2.45, 2.75) is 329 Å². The highest BCUT2D eigenvalue weighted by atomic mass is 31.2. The molecule has 5 atom stereocenters. The number of aliphatic hydroxyl groups is 1. The number of carbonyl (C=O) groups is 4. The second-order valence-corrected chi connectivity index (χ2v) is 27.2. The largest absolute Gasteiger partial charge is 0.472 e. The smallest absolute Gasteiger partial charge is 0.462 e. The Hall–Kier alpha value is -3.50. The number of allylic oxidation sites excluding steroid dienone is 12. The molecule has 0 amide bonds. The van der Waals surface area contributed by atoms with Gasteiger partial charge in [-0.25, -0.2) is 9.13 Å². The number of carbonyl (C=O) groups excluding carboxylic acids is 4. The van der Waals surface area contributed by atoms with Crippen LogP contribution in [0.2, 0.25) is 0 Å². The summed E-state index contributed by atoms with van der Waals surface area (Å²) in [5.41, 5.74) is 0. The van der Waals surface area contributed by atoms with Gasteiger partial charge in [0.1, 0.15) is 19.3 Å². The Balaban J connectivity index is 5.31. The fourth-order valence-corrected chi connectivity index (χ4v) is 11.2. The van der Waals surface area contributed by atoms with Gasteiger partial charge in [-0.1, -0.05) is 255 Å². The van der Waals surface area contributed by atoms with Crippen LogP contribution in [-0.4, -0.2) is 96.7 Å². The van der Waals surface area contributed by atoms with Crippen molar-refractivity contribution >= 4 is 39.5 Å². The normalized spacial score (nSPS) is 14.5. The van der Waals surface area contributed by atoms with E-state index in [1.807, 2.05) is 0 Å². The van der Waals surface area contributed by atoms with E-state index < -0.39 is 97.5 Å². The van der Waals surface area contributed by atoms with E-state index in [1.54, 1.807) is 0 Å². The summed E-state index contributed by atoms with van der Waals surface area (Å²) >= 11 is 0. The Morgan fingerprint density at radius 1 is 0.304 bits per heavy atom. The predicted molar refractivity (Wildman–Crippen MR) is 372 cm³/mol. The lowest BCUT2D eigenvalue weighted by molar-refractivity contribution is -0.161. The van der Waals surface area contributed by atoms with Gasteiger partial charge in [-0.15, -0.1) is 0 Å². The molecule has 0 spiro atoms. The van der Waals surface area contributed by atoms with Gasteiger partial charge in [0.2, 0.25) is 0 Å². The van der Waals surface area contributed by atoms with Crippen LogP contribution in [0.3, 0.4) is 0 Å². The van der Waals surface area contributed by atoms with E-state index in [4.69, 9.17) is 37.0 Å². The molecule has 2 unspecified atom stereocenters. The van der Waals surface area contributed by atoms with Crippen molar-refractivity contribution in [3.05, 3.63) is 72.9 Å². The fraction of sp³-hybridized carbons (Fsp3) is 0.781. The molecule has 0 fully saturated rings. The number of esters is 4. The van der Waals surface area contributed by atoms with Gasteiger partial charge in [-0.05, 0) is 103 Å². The molecule has 0 heterocycles. The quantitative estimate of drug-likeness (QED) is 0.0169. The van der Waals surface area contributed by atoms with Crippen LogP contribution >= 0.6 is 15.6 Å². The van der Waals surface area contributed by atoms with Gasteiger partial charge in [0, 0.05) is 25.7 Å². The summed E-state index contributed by atoms with van der Waals surface area (Å²) in [5, 5.41) is 10.6. The number of ether oxygens (including phenoxy) is 4. The molecule has 0 aliphatic rings. The summed E-state index contributed by atoms with van der Waals surface area (Å²) in [7, 11) is -9.94. The van der Waals surface area contributed by atoms with E-state index in [2.05, 4.69) is 101 Å². The fourth-order valence-electron chi connectivity index (χ4n) is 9.60. The summed E-state index contributed by atoms with van der Waals surface area (Å²) in [6.07, 6.45) is 63.5. The number of phosphoric acid groups is 2. The molecule has 17 nitrogen and oxygen atoms in total. The molecule has 0 aliphatic heterocycles. The van der Waals surface area contributed by atoms with Crippen molar-refractivity contribution in [2.75, 3.05) is 39.6 Å². The molecule has 0 bridgehead atoms. The third-order valence-corrected chi connectivity index (χ3v) is 17.1. The molecule has 0 aliphatic carbocycles. The van der Waals surface area contributed by atoms with Crippen LogP contribution in [0.15, 0.2) is 72.9 Å². The monoisotopic (exact) mass is 1340 g/mol. The van der Waals surface area contributed by atoms with Crippen LogP contribution in [0.1, 0.15) is 310 Å². The van der Waals surface area contributed by atoms with Gasteiger partial charge < -0.3 is 33.8 Å². The highest BCUT2D eigenvalue weighted by Gasteiger charge is 2.30. The number of unbranched alkanes of at least 4 members (excludes halogenated alkanes) is 33. The van der Waals surface area contributed by atoms with Gasteiger partial charge in [0.05, 0.1) is 26.4 Å². The molecule has 92 heavy (non-hydrogen) atoms. The standard InChI is InChI=1S/C73H130O17P2/c1-5-9-13-17-21-24-27-30-33-36-39-42-46-50-54-58-71(76)84-64-69(90-73(78)60-56-52-48-44-41-38-35-32-29-26-23-19-15-11-7-3)66-88-92(81,82)86-62-67(74)61-85-91(79,80)87-65-68(63-83-70(75)57-53-49-45-20-16-12-8-4)89-72(77)59-55-51-47-43-40-37-34-31-28-25-22-18-14-10-6-2/h24-35,67-69,74H,5-23,36-66H2,1-4H3,(H,79,80)(H,81,82)/b27-24-,28-25-,29-26-,33-30-,34-31-,35-32-/t67-,68+,69+/m0/s1. The molecule has 19 heteroatoms. The van der Waals surface area contributed by atoms with Crippen LogP contribution < -0.4 is 0 Å². The van der Waals surface area contributed by atoms with E-state index in [0.717, 1.165) is 148 Å². The van der Waals surface area contributed by atoms with Crippen molar-refractivity contribution in [1.29, 1.82) is 0 Å². The molecule has 0 saturated carbocycles. The maximum atomic E-state index is 13.0. The minimum Gasteiger partial charge on any atom is -0.462 e. The third-order valence-electron chi connectivity index (χ3n) is 15.2. The van der Waals surface area contributed by atoms with Crippen LogP contribution in [0.5, 0.6) is 0 Å². The zero-order valence-corrected chi connectivity index (χ0v) is 59.8. The number of hydrogen-bond acceptors (Lipinski definition) is 15. The summed E-state index contributed by atoms with van der Waals surface area (Å²) in [5.74, 6) is -2.22. The summed E-state index contributed by atoms with van der Waals surface area (Å²) < 4.78 is 68.1. The minimum absolute atomic E-state index is 0.0758. The molecule has 0 saturated heterocycles. The zero-order chi connectivity index (χ0) is 67.5. The minimum atomic E-state index is -4.97. The van der Waals surface area contributed by atoms with E-state index in [1.165, 1.54) is 83.5 Å². The molecule has 534 valence electrons. The second kappa shape index (κ2) is 66.1. The summed E-state index contributed by atoms with van der Waals surface area (Å²) in [6.45, 7) is 4.72. The summed E-state index contributed by atoms with van der Waals surface area (Å²) in [4.78, 5) is 72.5. The van der Waals surface area contributed by atoms with Crippen LogP contribution in [0, 0.1) is 0 Å². The van der Waals surface area contributed by atoms with E-state index in [0.29, 0.717) is 25.7 Å². The molecular formula is C73H130O17P2. The van der Waals surface area contributed by atoms with Gasteiger partial charge in [-0.2, -0.15) is 0 Å². The maximum Gasteiger partial charge on any atom is 0.472 e. The van der Waals surface area contributed by atoms with E-state index in [9.17, 15) is 43.2 Å². The van der Waals surface area contributed by atoms with Gasteiger partial charge in [0.15, 0.2) is 12.2 Å². The number of rotatable bonds is 68. The summed E-state index contributed by atoms with van der Waals surface area (Å²) in [6, 6.07) is 0. The Morgan fingerprint density at radius 2 is 0.522 bits per heavy atom. The number of hydrogen-bond donors (Lipinski definition) is 3. The first kappa shape index (κ1) is 88.5. The predicted octanol–water partition coefficient (Wildman–Crippen LogP) is 20.1. The second-order valence-electron chi connectivity index (χ2n) is 24.3. The Kier molecular flexibility index (Phi) is 63.6. The molecule has 0 aromatic carbocycles. The number of phosphoric ester groups is 2. The first-order chi connectivity index (χ1) is 44.7. The molecule has 0 aromatic heterocycles. The van der Waals surface area contributed by atoms with Crippen LogP contribution in [0.25, 0.3) is 0 Å². The average Bonchev–Trinajstić information content (AvgIpc) is 3.28. The van der Waals surface area contributed by atoms with Crippen molar-refractivity contribution in [3.63, 3.8) is 0 Å². The van der Waals surface area contributed by atoms with Crippen molar-refractivity contribution < 1.29 is 80.2 Å². The number of aliphatic hydroxyl groups excluding tert-OH is 1. The van der Waals surface area contributed by atoms with Crippen LogP contribution in [-0.2, 0) is 65.4 Å². The van der Waals surface area contributed by atoms with Gasteiger partial charge in [0.25, 0.3) is 0 Å². The SMILES string of the molecule is CCCCCC/C=C\C=C/CCCCCCCC(=O)OC[C@H](COP(=O)(O)OC[C@@H](O)COP(=O)(O)OC[C@@H](COC(=O)CCCCCCCCC)OC(=O)CCCCCCC/C=C\C=C/CCCCCC)OC(=O)CCCCCCC/C=C\C=C/CCCCCC. The lowest BCUT2D eigenvalue weighted by Gasteiger charge is -2.21. The van der Waals surface area contributed by atoms with Crippen molar-refractivity contribution in [1.82, 2.24) is 0 Å². The molecular weight excluding hydrogens is 1210 g/mol. The van der Waals surface area contributed by atoms with Crippen molar-refractivity contribution in [3.8, 4) is 0 Å². The highest BCUT2D eigenvalue weighted by Crippen LogP contribution is 2.45. The maximum absolute atomic E-state index is 13.0. The van der Waals surface area contributed by atoms with Gasteiger partial charge in [-0.3, -0.25) is 37.3 Å². The lowest BCUT2D eigenvalue weighted by atomic mass is 10.1. The van der Waals surface area contributed by atoms with E-state index >= 15 is 0 Å². The molecule has 0 radical (unpaired) electrons. The topological polar surface area (TPSA) is 237 Å². The third kappa shape index (κ3) is 65.2. The van der Waals surface area contributed by atoms with Gasteiger partial charge >= 0.3 is 39.5 Å². The van der Waals surface area contributed by atoms with Crippen LogP contribution in [0.4, 0.5) is 0 Å². The molecule has 0 rings (SSSR count). The first-order valence-electron chi connectivity index (χ1n) is 36.2. The Morgan fingerprint density at radius 3 is 0.793 bits per heavy atom. The lowest BCUT2D eigenvalue weighted by Crippen LogP contribution is -2.30. The Bertz CT molecular complexity index is 2040. The van der Waals surface area contributed by atoms with E-state index in [-0.39, 0.29) is 25.7 Å². The highest BCUT2D eigenvalue weighted by molar-refractivity contribution is 7.47. The molecule has 3 N–H and O–H groups in total. The Labute approximate surface area is 558 Å². The first-order valence-corrected chi connectivity index (χ1v) is 39.2. The average molecular weight is 1340 g/mol. The zero-order valence-electron chi connectivity index (χ0n) is 58.0.